The molecule has 0 amide bonds. The van der Waals surface area contributed by atoms with Crippen molar-refractivity contribution >= 4 is 0 Å². The molecule has 0 bridgehead atoms. The van der Waals surface area contributed by atoms with Crippen LogP contribution in [0.5, 0.6) is 0 Å². The average molecular weight is 195 g/mol. The van der Waals surface area contributed by atoms with Crippen molar-refractivity contribution in [2.75, 3.05) is 20.6 Å². The molecule has 1 aliphatic rings. The molecule has 1 fully saturated rings. The van der Waals surface area contributed by atoms with Gasteiger partial charge in [-0.3, -0.25) is 5.32 Å². The molecule has 14 heavy (non-hydrogen) atoms. The normalized spacial score (nSPS) is 32.1. The first-order chi connectivity index (χ1) is 6.63. The number of nitrogens with one attached hydrogen (secondary N) is 1. The fourth-order valence-corrected chi connectivity index (χ4v) is 2.13. The van der Waals surface area contributed by atoms with Gasteiger partial charge in [0.2, 0.25) is 0 Å². The van der Waals surface area contributed by atoms with Crippen LogP contribution in [0.25, 0.3) is 0 Å². The largest absolute Gasteiger partial charge is 0.306 e. The molecule has 0 aliphatic heterocycles. The van der Waals surface area contributed by atoms with Gasteiger partial charge in [-0.05, 0) is 46.3 Å². The third kappa shape index (κ3) is 2.46. The summed E-state index contributed by atoms with van der Waals surface area (Å²) < 4.78 is 0. The molecule has 3 nitrogen and oxygen atoms in total. The molecule has 1 N–H and O–H groups in total. The van der Waals surface area contributed by atoms with E-state index in [0.717, 1.165) is 32.2 Å². The summed E-state index contributed by atoms with van der Waals surface area (Å²) in [5.41, 5.74) is -0.245. The highest BCUT2D eigenvalue weighted by atomic mass is 15.1. The lowest BCUT2D eigenvalue weighted by Gasteiger charge is -2.24. The van der Waals surface area contributed by atoms with Gasteiger partial charge in [-0.25, -0.2) is 0 Å². The van der Waals surface area contributed by atoms with Gasteiger partial charge in [0.1, 0.15) is 5.54 Å². The standard InChI is InChI=1S/C11H21N3/c1-4-7-13-11(9-12)6-5-10(8-11)14(2)3/h10,13H,4-8H2,1-3H3. The molecule has 0 saturated heterocycles. The predicted molar refractivity (Wildman–Crippen MR) is 58.0 cm³/mol. The van der Waals surface area contributed by atoms with E-state index >= 15 is 0 Å². The monoisotopic (exact) mass is 195 g/mol. The van der Waals surface area contributed by atoms with E-state index in [1.807, 2.05) is 0 Å². The summed E-state index contributed by atoms with van der Waals surface area (Å²) >= 11 is 0. The van der Waals surface area contributed by atoms with Gasteiger partial charge in [0, 0.05) is 6.04 Å². The SMILES string of the molecule is CCCNC1(C#N)CCC(N(C)C)C1. The molecular weight excluding hydrogens is 174 g/mol. The number of nitriles is 1. The van der Waals surface area contributed by atoms with Gasteiger partial charge in [-0.1, -0.05) is 6.92 Å². The van der Waals surface area contributed by atoms with Crippen molar-refractivity contribution in [1.82, 2.24) is 10.2 Å². The highest BCUT2D eigenvalue weighted by Gasteiger charge is 2.39. The van der Waals surface area contributed by atoms with Gasteiger partial charge in [0.25, 0.3) is 0 Å². The van der Waals surface area contributed by atoms with Crippen LogP contribution in [-0.4, -0.2) is 37.1 Å². The smallest absolute Gasteiger partial charge is 0.108 e. The molecule has 0 spiro atoms. The Morgan fingerprint density at radius 1 is 1.57 bits per heavy atom. The van der Waals surface area contributed by atoms with E-state index in [-0.39, 0.29) is 5.54 Å². The lowest BCUT2D eigenvalue weighted by atomic mass is 9.99. The van der Waals surface area contributed by atoms with Gasteiger partial charge < -0.3 is 4.90 Å². The number of nitrogens with zero attached hydrogens (tertiary/aromatic N) is 2. The van der Waals surface area contributed by atoms with Crippen LogP contribution < -0.4 is 5.32 Å². The summed E-state index contributed by atoms with van der Waals surface area (Å²) in [5.74, 6) is 0. The van der Waals surface area contributed by atoms with Gasteiger partial charge in [0.15, 0.2) is 0 Å². The highest BCUT2D eigenvalue weighted by molar-refractivity contribution is 5.13. The van der Waals surface area contributed by atoms with Crippen LogP contribution in [-0.2, 0) is 0 Å². The third-order valence-electron chi connectivity index (χ3n) is 3.15. The van der Waals surface area contributed by atoms with Crippen molar-refractivity contribution < 1.29 is 0 Å². The maximum absolute atomic E-state index is 9.21. The van der Waals surface area contributed by atoms with E-state index in [1.54, 1.807) is 0 Å². The Bertz CT molecular complexity index is 219. The van der Waals surface area contributed by atoms with Gasteiger partial charge in [0.05, 0.1) is 6.07 Å². The number of hydrogen-bond donors (Lipinski definition) is 1. The van der Waals surface area contributed by atoms with Crippen molar-refractivity contribution in [3.63, 3.8) is 0 Å². The lowest BCUT2D eigenvalue weighted by molar-refractivity contribution is 0.283. The van der Waals surface area contributed by atoms with E-state index in [4.69, 9.17) is 0 Å². The first-order valence-electron chi connectivity index (χ1n) is 5.46. The van der Waals surface area contributed by atoms with Crippen molar-refractivity contribution in [2.24, 2.45) is 0 Å². The molecule has 3 heteroatoms. The molecule has 0 aromatic rings. The Balaban J connectivity index is 2.53. The summed E-state index contributed by atoms with van der Waals surface area (Å²) in [5, 5.41) is 12.6. The molecule has 1 aliphatic carbocycles. The van der Waals surface area contributed by atoms with Crippen molar-refractivity contribution in [3.8, 4) is 6.07 Å². The van der Waals surface area contributed by atoms with Crippen molar-refractivity contribution in [1.29, 1.82) is 5.26 Å². The number of hydrogen-bond acceptors (Lipinski definition) is 3. The second-order valence-corrected chi connectivity index (χ2v) is 4.48. The summed E-state index contributed by atoms with van der Waals surface area (Å²) in [6.07, 6.45) is 4.19. The Hall–Kier alpha value is -0.590. The van der Waals surface area contributed by atoms with Gasteiger partial charge in [-0.2, -0.15) is 5.26 Å². The topological polar surface area (TPSA) is 39.1 Å². The molecule has 0 radical (unpaired) electrons. The minimum atomic E-state index is -0.245. The van der Waals surface area contributed by atoms with Gasteiger partial charge in [-0.15, -0.1) is 0 Å². The van der Waals surface area contributed by atoms with E-state index in [1.165, 1.54) is 0 Å². The quantitative estimate of drug-likeness (QED) is 0.736. The number of rotatable bonds is 4. The Labute approximate surface area is 87.1 Å². The molecule has 1 saturated carbocycles. The highest BCUT2D eigenvalue weighted by Crippen LogP contribution is 2.31. The van der Waals surface area contributed by atoms with E-state index < -0.39 is 0 Å². The summed E-state index contributed by atoms with van der Waals surface area (Å²) in [4.78, 5) is 2.23. The maximum atomic E-state index is 9.21. The summed E-state index contributed by atoms with van der Waals surface area (Å²) in [6.45, 7) is 3.09. The maximum Gasteiger partial charge on any atom is 0.108 e. The minimum absolute atomic E-state index is 0.245. The Morgan fingerprint density at radius 3 is 2.71 bits per heavy atom. The van der Waals surface area contributed by atoms with Crippen LogP contribution in [0.3, 0.4) is 0 Å². The van der Waals surface area contributed by atoms with Crippen LogP contribution >= 0.6 is 0 Å². The van der Waals surface area contributed by atoms with Gasteiger partial charge >= 0.3 is 0 Å². The third-order valence-corrected chi connectivity index (χ3v) is 3.15. The molecular formula is C11H21N3. The molecule has 0 heterocycles. The fourth-order valence-electron chi connectivity index (χ4n) is 2.13. The Morgan fingerprint density at radius 2 is 2.29 bits per heavy atom. The van der Waals surface area contributed by atoms with E-state index in [9.17, 15) is 5.26 Å². The summed E-state index contributed by atoms with van der Waals surface area (Å²) in [6, 6.07) is 3.03. The van der Waals surface area contributed by atoms with Crippen LogP contribution in [0.15, 0.2) is 0 Å². The first kappa shape index (κ1) is 11.5. The zero-order valence-electron chi connectivity index (χ0n) is 9.51. The average Bonchev–Trinajstić information content (AvgIpc) is 2.60. The van der Waals surface area contributed by atoms with Crippen LogP contribution in [0, 0.1) is 11.3 Å². The minimum Gasteiger partial charge on any atom is -0.306 e. The summed E-state index contributed by atoms with van der Waals surface area (Å²) in [7, 11) is 4.19. The molecule has 1 rings (SSSR count). The zero-order chi connectivity index (χ0) is 10.6. The lowest BCUT2D eigenvalue weighted by Crippen LogP contribution is -2.43. The molecule has 80 valence electrons. The molecule has 2 atom stereocenters. The zero-order valence-corrected chi connectivity index (χ0v) is 9.51. The second-order valence-electron chi connectivity index (χ2n) is 4.48. The van der Waals surface area contributed by atoms with Crippen LogP contribution in [0.2, 0.25) is 0 Å². The van der Waals surface area contributed by atoms with Crippen LogP contribution in [0.4, 0.5) is 0 Å². The van der Waals surface area contributed by atoms with E-state index in [0.29, 0.717) is 6.04 Å². The molecule has 0 aromatic carbocycles. The molecule has 0 aromatic heterocycles. The first-order valence-corrected chi connectivity index (χ1v) is 5.46. The van der Waals surface area contributed by atoms with Crippen molar-refractivity contribution in [3.05, 3.63) is 0 Å². The second kappa shape index (κ2) is 4.77. The fraction of sp³-hybridized carbons (Fsp3) is 0.909. The molecule has 2 unspecified atom stereocenters. The van der Waals surface area contributed by atoms with E-state index in [2.05, 4.69) is 37.3 Å². The van der Waals surface area contributed by atoms with Crippen LogP contribution in [0.1, 0.15) is 32.6 Å². The predicted octanol–water partition coefficient (Wildman–Crippen LogP) is 1.36. The van der Waals surface area contributed by atoms with Crippen molar-refractivity contribution in [2.45, 2.75) is 44.2 Å². The Kier molecular flexibility index (Phi) is 3.91.